The Balaban J connectivity index is 1.96. The lowest BCUT2D eigenvalue weighted by Crippen LogP contribution is -2.23. The number of nitrogens with zero attached hydrogens (tertiary/aromatic N) is 1. The van der Waals surface area contributed by atoms with E-state index in [1.54, 1.807) is 0 Å². The van der Waals surface area contributed by atoms with Crippen LogP contribution in [0.15, 0.2) is 36.5 Å². The Hall–Kier alpha value is -1.41. The van der Waals surface area contributed by atoms with Crippen molar-refractivity contribution in [3.8, 4) is 0 Å². The second kappa shape index (κ2) is 5.07. The van der Waals surface area contributed by atoms with Gasteiger partial charge < -0.3 is 5.32 Å². The maximum atomic E-state index is 4.38. The van der Waals surface area contributed by atoms with Crippen LogP contribution in [0.4, 0.5) is 0 Å². The molecule has 1 aliphatic rings. The summed E-state index contributed by atoms with van der Waals surface area (Å²) >= 11 is 0. The maximum absolute atomic E-state index is 4.38. The zero-order valence-electron chi connectivity index (χ0n) is 10.9. The Morgan fingerprint density at radius 2 is 2.06 bits per heavy atom. The first-order chi connectivity index (χ1) is 8.88. The first-order valence-electron chi connectivity index (χ1n) is 6.90. The van der Waals surface area contributed by atoms with Crippen LogP contribution in [0.1, 0.15) is 37.3 Å². The minimum absolute atomic E-state index is 0.497. The molecule has 1 atom stereocenters. The number of aromatic nitrogens is 1. The third kappa shape index (κ3) is 2.13. The molecule has 1 aromatic heterocycles. The van der Waals surface area contributed by atoms with Gasteiger partial charge in [-0.15, -0.1) is 0 Å². The molecule has 0 amide bonds. The summed E-state index contributed by atoms with van der Waals surface area (Å²) in [6.07, 6.45) is 7.34. The topological polar surface area (TPSA) is 24.9 Å². The van der Waals surface area contributed by atoms with Crippen molar-refractivity contribution in [3.05, 3.63) is 42.1 Å². The lowest BCUT2D eigenvalue weighted by Gasteiger charge is -2.23. The van der Waals surface area contributed by atoms with Crippen LogP contribution in [-0.4, -0.2) is 12.0 Å². The number of pyridine rings is 1. The van der Waals surface area contributed by atoms with Gasteiger partial charge >= 0.3 is 0 Å². The largest absolute Gasteiger partial charge is 0.313 e. The third-order valence-corrected chi connectivity index (χ3v) is 4.17. The summed E-state index contributed by atoms with van der Waals surface area (Å²) in [6.45, 7) is 0. The Bertz CT molecular complexity index is 529. The molecule has 0 saturated heterocycles. The summed E-state index contributed by atoms with van der Waals surface area (Å²) in [7, 11) is 2.08. The highest BCUT2D eigenvalue weighted by atomic mass is 14.9. The molecule has 2 heteroatoms. The lowest BCUT2D eigenvalue weighted by atomic mass is 9.91. The standard InChI is InChI=1S/C16H20N2/c1-17-16(12-5-2-3-6-12)14-8-9-15-13(11-14)7-4-10-18-15/h4,7-12,16-17H,2-3,5-6H2,1H3. The molecule has 0 radical (unpaired) electrons. The minimum atomic E-state index is 0.497. The van der Waals surface area contributed by atoms with Gasteiger partial charge in [0.2, 0.25) is 0 Å². The van der Waals surface area contributed by atoms with Crippen molar-refractivity contribution in [2.45, 2.75) is 31.7 Å². The van der Waals surface area contributed by atoms with E-state index in [-0.39, 0.29) is 0 Å². The van der Waals surface area contributed by atoms with Crippen LogP contribution in [-0.2, 0) is 0 Å². The minimum Gasteiger partial charge on any atom is -0.313 e. The van der Waals surface area contributed by atoms with Gasteiger partial charge in [0.05, 0.1) is 5.52 Å². The van der Waals surface area contributed by atoms with Gasteiger partial charge in [-0.1, -0.05) is 25.0 Å². The van der Waals surface area contributed by atoms with Gasteiger partial charge in [-0.05, 0) is 49.6 Å². The predicted molar refractivity (Wildman–Crippen MR) is 75.5 cm³/mol. The normalized spacial score (nSPS) is 18.3. The summed E-state index contributed by atoms with van der Waals surface area (Å²) < 4.78 is 0. The molecule has 0 bridgehead atoms. The Morgan fingerprint density at radius 3 is 2.83 bits per heavy atom. The molecule has 1 aliphatic carbocycles. The average Bonchev–Trinajstić information content (AvgIpc) is 2.93. The van der Waals surface area contributed by atoms with Gasteiger partial charge in [0.1, 0.15) is 0 Å². The van der Waals surface area contributed by atoms with Crippen molar-refractivity contribution in [2.24, 2.45) is 5.92 Å². The molecule has 1 saturated carbocycles. The highest BCUT2D eigenvalue weighted by molar-refractivity contribution is 5.79. The Kier molecular flexibility index (Phi) is 3.28. The number of rotatable bonds is 3. The molecule has 1 aromatic carbocycles. The Labute approximate surface area is 108 Å². The van der Waals surface area contributed by atoms with Gasteiger partial charge in [-0.2, -0.15) is 0 Å². The second-order valence-electron chi connectivity index (χ2n) is 5.27. The van der Waals surface area contributed by atoms with Crippen molar-refractivity contribution in [1.82, 2.24) is 10.3 Å². The van der Waals surface area contributed by atoms with E-state index in [9.17, 15) is 0 Å². The monoisotopic (exact) mass is 240 g/mol. The molecule has 2 nitrogen and oxygen atoms in total. The van der Waals surface area contributed by atoms with Gasteiger partial charge in [0.25, 0.3) is 0 Å². The van der Waals surface area contributed by atoms with E-state index in [0.717, 1.165) is 11.4 Å². The summed E-state index contributed by atoms with van der Waals surface area (Å²) in [5.41, 5.74) is 2.49. The average molecular weight is 240 g/mol. The first kappa shape index (κ1) is 11.7. The molecule has 2 aromatic rings. The van der Waals surface area contributed by atoms with Crippen LogP contribution < -0.4 is 5.32 Å². The van der Waals surface area contributed by atoms with E-state index in [0.29, 0.717) is 6.04 Å². The van der Waals surface area contributed by atoms with Crippen LogP contribution in [0.2, 0.25) is 0 Å². The molecular formula is C16H20N2. The van der Waals surface area contributed by atoms with E-state index in [1.165, 1.54) is 36.6 Å². The fourth-order valence-electron chi connectivity index (χ4n) is 3.25. The number of benzene rings is 1. The SMILES string of the molecule is CNC(c1ccc2ncccc2c1)C1CCCC1. The molecule has 18 heavy (non-hydrogen) atoms. The third-order valence-electron chi connectivity index (χ3n) is 4.17. The molecule has 3 rings (SSSR count). The van der Waals surface area contributed by atoms with Gasteiger partial charge in [-0.3, -0.25) is 4.98 Å². The van der Waals surface area contributed by atoms with Crippen molar-refractivity contribution in [2.75, 3.05) is 7.05 Å². The van der Waals surface area contributed by atoms with Crippen molar-refractivity contribution in [1.29, 1.82) is 0 Å². The quantitative estimate of drug-likeness (QED) is 0.885. The molecule has 0 aliphatic heterocycles. The van der Waals surface area contributed by atoms with Crippen LogP contribution in [0, 0.1) is 5.92 Å². The van der Waals surface area contributed by atoms with E-state index in [1.807, 2.05) is 12.3 Å². The first-order valence-corrected chi connectivity index (χ1v) is 6.90. The lowest BCUT2D eigenvalue weighted by molar-refractivity contribution is 0.390. The number of fused-ring (bicyclic) bond motifs is 1. The van der Waals surface area contributed by atoms with Crippen LogP contribution >= 0.6 is 0 Å². The summed E-state index contributed by atoms with van der Waals surface area (Å²) in [6, 6.07) is 11.3. The summed E-state index contributed by atoms with van der Waals surface area (Å²) in [5, 5.41) is 4.75. The van der Waals surface area contributed by atoms with Gasteiger partial charge in [0, 0.05) is 17.6 Å². The van der Waals surface area contributed by atoms with Crippen LogP contribution in [0.5, 0.6) is 0 Å². The smallest absolute Gasteiger partial charge is 0.0702 e. The molecule has 1 fully saturated rings. The van der Waals surface area contributed by atoms with Crippen LogP contribution in [0.25, 0.3) is 10.9 Å². The maximum Gasteiger partial charge on any atom is 0.0702 e. The van der Waals surface area contributed by atoms with E-state index < -0.39 is 0 Å². The predicted octanol–water partition coefficient (Wildman–Crippen LogP) is 3.69. The molecule has 1 unspecified atom stereocenters. The van der Waals surface area contributed by atoms with E-state index in [2.05, 4.69) is 41.6 Å². The number of nitrogens with one attached hydrogen (secondary N) is 1. The molecule has 1 N–H and O–H groups in total. The highest BCUT2D eigenvalue weighted by Gasteiger charge is 2.25. The molecular weight excluding hydrogens is 220 g/mol. The number of hydrogen-bond donors (Lipinski definition) is 1. The molecule has 1 heterocycles. The number of hydrogen-bond acceptors (Lipinski definition) is 2. The zero-order chi connectivity index (χ0) is 12.4. The Morgan fingerprint density at radius 1 is 1.22 bits per heavy atom. The highest BCUT2D eigenvalue weighted by Crippen LogP contribution is 2.36. The van der Waals surface area contributed by atoms with Gasteiger partial charge in [0.15, 0.2) is 0 Å². The van der Waals surface area contributed by atoms with Crippen molar-refractivity contribution < 1.29 is 0 Å². The zero-order valence-corrected chi connectivity index (χ0v) is 10.9. The van der Waals surface area contributed by atoms with Crippen LogP contribution in [0.3, 0.4) is 0 Å². The summed E-state index contributed by atoms with van der Waals surface area (Å²) in [4.78, 5) is 4.38. The molecule has 94 valence electrons. The second-order valence-corrected chi connectivity index (χ2v) is 5.27. The summed E-state index contributed by atoms with van der Waals surface area (Å²) in [5.74, 6) is 0.795. The van der Waals surface area contributed by atoms with Crippen molar-refractivity contribution >= 4 is 10.9 Å². The fraction of sp³-hybridized carbons (Fsp3) is 0.438. The van der Waals surface area contributed by atoms with Crippen molar-refractivity contribution in [3.63, 3.8) is 0 Å². The van der Waals surface area contributed by atoms with E-state index >= 15 is 0 Å². The molecule has 0 spiro atoms. The van der Waals surface area contributed by atoms with Gasteiger partial charge in [-0.25, -0.2) is 0 Å². The van der Waals surface area contributed by atoms with E-state index in [4.69, 9.17) is 0 Å². The fourth-order valence-corrected chi connectivity index (χ4v) is 3.25.